The number of ether oxygens (including phenoxy) is 2. The van der Waals surface area contributed by atoms with Crippen molar-refractivity contribution in [1.29, 1.82) is 0 Å². The van der Waals surface area contributed by atoms with E-state index in [-0.39, 0.29) is 22.9 Å². The summed E-state index contributed by atoms with van der Waals surface area (Å²) in [5.74, 6) is -1.32. The number of hydrogen-bond acceptors (Lipinski definition) is 7. The number of nitro groups is 1. The highest BCUT2D eigenvalue weighted by molar-refractivity contribution is 5.97. The molecule has 0 fully saturated rings. The maximum Gasteiger partial charge on any atom is 0.374 e. The Morgan fingerprint density at radius 1 is 1.19 bits per heavy atom. The van der Waals surface area contributed by atoms with Crippen LogP contribution in [0.5, 0.6) is 5.75 Å². The van der Waals surface area contributed by atoms with Gasteiger partial charge >= 0.3 is 5.97 Å². The van der Waals surface area contributed by atoms with Crippen LogP contribution in [0.3, 0.4) is 0 Å². The first-order valence-corrected chi connectivity index (χ1v) is 7.76. The molecule has 0 aliphatic rings. The van der Waals surface area contributed by atoms with Gasteiger partial charge in [0.2, 0.25) is 5.76 Å². The highest BCUT2D eigenvalue weighted by Crippen LogP contribution is 2.29. The monoisotopic (exact) mass is 370 g/mol. The summed E-state index contributed by atoms with van der Waals surface area (Å²) in [6, 6.07) is 12.3. The van der Waals surface area contributed by atoms with Crippen molar-refractivity contribution in [2.45, 2.75) is 0 Å². The Balaban J connectivity index is 1.62. The number of amides is 1. The standard InChI is InChI=1S/C18H14N2O7/c1-25-15-9-12(20(23)24)6-7-13(15)19-17(21)10-26-18(22)16-8-11-4-2-3-5-14(11)27-16/h2-9H,10H2,1H3,(H,19,21). The summed E-state index contributed by atoms with van der Waals surface area (Å²) in [4.78, 5) is 34.2. The Morgan fingerprint density at radius 3 is 2.67 bits per heavy atom. The van der Waals surface area contributed by atoms with Crippen molar-refractivity contribution in [2.75, 3.05) is 19.0 Å². The van der Waals surface area contributed by atoms with Gasteiger partial charge in [-0.3, -0.25) is 14.9 Å². The first-order valence-electron chi connectivity index (χ1n) is 7.76. The predicted molar refractivity (Wildman–Crippen MR) is 94.8 cm³/mol. The highest BCUT2D eigenvalue weighted by Gasteiger charge is 2.17. The number of non-ortho nitro benzene ring substituents is 1. The number of esters is 1. The molecular weight excluding hydrogens is 356 g/mol. The predicted octanol–water partition coefficient (Wildman–Crippen LogP) is 3.15. The maximum absolute atomic E-state index is 12.0. The minimum atomic E-state index is -0.781. The Labute approximate surface area is 152 Å². The van der Waals surface area contributed by atoms with Gasteiger partial charge in [-0.1, -0.05) is 18.2 Å². The molecule has 138 valence electrons. The third-order valence-electron chi connectivity index (χ3n) is 3.63. The number of nitro benzene ring substituents is 1. The van der Waals surface area contributed by atoms with Crippen molar-refractivity contribution in [1.82, 2.24) is 0 Å². The normalized spacial score (nSPS) is 10.4. The molecule has 0 saturated heterocycles. The fourth-order valence-corrected chi connectivity index (χ4v) is 2.37. The molecule has 0 aliphatic heterocycles. The number of nitrogens with zero attached hydrogens (tertiary/aromatic N) is 1. The van der Waals surface area contributed by atoms with E-state index in [9.17, 15) is 19.7 Å². The summed E-state index contributed by atoms with van der Waals surface area (Å²) in [6.07, 6.45) is 0. The van der Waals surface area contributed by atoms with E-state index in [1.54, 1.807) is 24.3 Å². The molecule has 0 aliphatic carbocycles. The summed E-state index contributed by atoms with van der Waals surface area (Å²) < 4.78 is 15.3. The number of para-hydroxylation sites is 1. The van der Waals surface area contributed by atoms with Gasteiger partial charge in [0.1, 0.15) is 11.3 Å². The van der Waals surface area contributed by atoms with Crippen LogP contribution in [0.4, 0.5) is 11.4 Å². The quantitative estimate of drug-likeness (QED) is 0.402. The lowest BCUT2D eigenvalue weighted by atomic mass is 10.2. The van der Waals surface area contributed by atoms with E-state index in [2.05, 4.69) is 5.32 Å². The van der Waals surface area contributed by atoms with Crippen LogP contribution in [0.15, 0.2) is 52.9 Å². The number of rotatable bonds is 6. The molecule has 0 spiro atoms. The first-order chi connectivity index (χ1) is 13.0. The van der Waals surface area contributed by atoms with Crippen molar-refractivity contribution in [3.63, 3.8) is 0 Å². The van der Waals surface area contributed by atoms with Gasteiger partial charge in [0.05, 0.1) is 23.8 Å². The second-order valence-corrected chi connectivity index (χ2v) is 5.41. The number of nitrogens with one attached hydrogen (secondary N) is 1. The minimum absolute atomic E-state index is 0.0167. The summed E-state index contributed by atoms with van der Waals surface area (Å²) in [7, 11) is 1.32. The molecule has 1 aromatic heterocycles. The van der Waals surface area contributed by atoms with Gasteiger partial charge in [-0.05, 0) is 18.2 Å². The third-order valence-corrected chi connectivity index (χ3v) is 3.63. The van der Waals surface area contributed by atoms with E-state index in [1.807, 2.05) is 0 Å². The third kappa shape index (κ3) is 4.03. The zero-order valence-electron chi connectivity index (χ0n) is 14.1. The number of benzene rings is 2. The molecule has 3 aromatic rings. The van der Waals surface area contributed by atoms with Crippen LogP contribution in [0.1, 0.15) is 10.6 Å². The lowest BCUT2D eigenvalue weighted by molar-refractivity contribution is -0.384. The SMILES string of the molecule is COc1cc([N+](=O)[O-])ccc1NC(=O)COC(=O)c1cc2ccccc2o1. The summed E-state index contributed by atoms with van der Waals surface area (Å²) in [5.41, 5.74) is 0.568. The molecular formula is C18H14N2O7. The average Bonchev–Trinajstić information content (AvgIpc) is 3.10. The molecule has 0 saturated carbocycles. The molecule has 9 nitrogen and oxygen atoms in total. The van der Waals surface area contributed by atoms with E-state index in [0.717, 1.165) is 5.39 Å². The molecule has 1 N–H and O–H groups in total. The second kappa shape index (κ2) is 7.56. The summed E-state index contributed by atoms with van der Waals surface area (Å²) >= 11 is 0. The number of carbonyl (C=O) groups is 2. The molecule has 1 amide bonds. The number of fused-ring (bicyclic) bond motifs is 1. The lowest BCUT2D eigenvalue weighted by Gasteiger charge is -2.10. The fraction of sp³-hybridized carbons (Fsp3) is 0.111. The summed E-state index contributed by atoms with van der Waals surface area (Å²) in [6.45, 7) is -0.560. The van der Waals surface area contributed by atoms with Crippen molar-refractivity contribution in [2.24, 2.45) is 0 Å². The first kappa shape index (κ1) is 17.9. The van der Waals surface area contributed by atoms with Crippen LogP contribution in [-0.2, 0) is 9.53 Å². The number of methoxy groups -OCH3 is 1. The Morgan fingerprint density at radius 2 is 1.96 bits per heavy atom. The van der Waals surface area contributed by atoms with Crippen LogP contribution in [0.2, 0.25) is 0 Å². The van der Waals surface area contributed by atoms with E-state index in [1.165, 1.54) is 31.4 Å². The van der Waals surface area contributed by atoms with Crippen LogP contribution in [0.25, 0.3) is 11.0 Å². The van der Waals surface area contributed by atoms with E-state index < -0.39 is 23.4 Å². The average molecular weight is 370 g/mol. The smallest absolute Gasteiger partial charge is 0.374 e. The van der Waals surface area contributed by atoms with Crippen LogP contribution in [0, 0.1) is 10.1 Å². The molecule has 0 atom stereocenters. The number of furan rings is 1. The minimum Gasteiger partial charge on any atom is -0.494 e. The number of hydrogen-bond donors (Lipinski definition) is 1. The summed E-state index contributed by atoms with van der Waals surface area (Å²) in [5, 5.41) is 14.0. The zero-order valence-corrected chi connectivity index (χ0v) is 14.1. The van der Waals surface area contributed by atoms with Crippen LogP contribution >= 0.6 is 0 Å². The van der Waals surface area contributed by atoms with Crippen LogP contribution < -0.4 is 10.1 Å². The van der Waals surface area contributed by atoms with Gasteiger partial charge in [-0.25, -0.2) is 4.79 Å². The molecule has 1 heterocycles. The largest absolute Gasteiger partial charge is 0.494 e. The molecule has 3 rings (SSSR count). The van der Waals surface area contributed by atoms with Gasteiger partial charge in [0.25, 0.3) is 11.6 Å². The second-order valence-electron chi connectivity index (χ2n) is 5.41. The van der Waals surface area contributed by atoms with Gasteiger partial charge in [0, 0.05) is 11.5 Å². The van der Waals surface area contributed by atoms with E-state index in [0.29, 0.717) is 5.58 Å². The maximum atomic E-state index is 12.0. The Kier molecular flexibility index (Phi) is 5.02. The van der Waals surface area contributed by atoms with Crippen molar-refractivity contribution in [3.8, 4) is 5.75 Å². The Hall–Kier alpha value is -3.88. The molecule has 9 heteroatoms. The molecule has 27 heavy (non-hydrogen) atoms. The van der Waals surface area contributed by atoms with E-state index >= 15 is 0 Å². The number of anilines is 1. The van der Waals surface area contributed by atoms with Crippen molar-refractivity contribution >= 4 is 34.2 Å². The lowest BCUT2D eigenvalue weighted by Crippen LogP contribution is -2.21. The Bertz CT molecular complexity index is 992. The molecule has 0 unspecified atom stereocenters. The van der Waals surface area contributed by atoms with E-state index in [4.69, 9.17) is 13.9 Å². The van der Waals surface area contributed by atoms with Crippen molar-refractivity contribution < 1.29 is 28.4 Å². The topological polar surface area (TPSA) is 121 Å². The van der Waals surface area contributed by atoms with Crippen molar-refractivity contribution in [3.05, 3.63) is 64.4 Å². The van der Waals surface area contributed by atoms with Gasteiger partial charge in [-0.15, -0.1) is 0 Å². The van der Waals surface area contributed by atoms with Gasteiger partial charge in [-0.2, -0.15) is 0 Å². The van der Waals surface area contributed by atoms with Gasteiger partial charge < -0.3 is 19.2 Å². The zero-order chi connectivity index (χ0) is 19.4. The molecule has 0 bridgehead atoms. The molecule has 2 aromatic carbocycles. The number of carbonyl (C=O) groups excluding carboxylic acids is 2. The van der Waals surface area contributed by atoms with Gasteiger partial charge in [0.15, 0.2) is 6.61 Å². The highest BCUT2D eigenvalue weighted by atomic mass is 16.6. The van der Waals surface area contributed by atoms with Crippen LogP contribution in [-0.4, -0.2) is 30.5 Å². The fourth-order valence-electron chi connectivity index (χ4n) is 2.37. The molecule has 0 radical (unpaired) electrons.